The van der Waals surface area contributed by atoms with Gasteiger partial charge in [-0.2, -0.15) is 5.21 Å². The number of rotatable bonds is 2. The number of aromatic nitrogens is 4. The molecule has 2 rings (SSSR count). The van der Waals surface area contributed by atoms with Crippen LogP contribution in [0.25, 0.3) is 0 Å². The van der Waals surface area contributed by atoms with Crippen molar-refractivity contribution in [1.29, 1.82) is 0 Å². The lowest BCUT2D eigenvalue weighted by Crippen LogP contribution is -2.31. The van der Waals surface area contributed by atoms with E-state index in [-0.39, 0.29) is 11.8 Å². The summed E-state index contributed by atoms with van der Waals surface area (Å²) in [6.07, 6.45) is 1.21. The van der Waals surface area contributed by atoms with E-state index < -0.39 is 6.10 Å². The summed E-state index contributed by atoms with van der Waals surface area (Å²) in [6, 6.07) is 0. The molecule has 1 atom stereocenters. The first-order valence-corrected chi connectivity index (χ1v) is 3.97. The molecule has 0 aliphatic carbocycles. The molecule has 1 fully saturated rings. The first-order valence-electron chi connectivity index (χ1n) is 3.97. The van der Waals surface area contributed by atoms with Gasteiger partial charge < -0.3 is 9.84 Å². The van der Waals surface area contributed by atoms with E-state index in [1.54, 1.807) is 0 Å². The van der Waals surface area contributed by atoms with Crippen LogP contribution in [-0.4, -0.2) is 39.2 Å². The van der Waals surface area contributed by atoms with E-state index in [1.165, 1.54) is 0 Å². The molecule has 0 amide bonds. The Morgan fingerprint density at radius 3 is 3.23 bits per heavy atom. The average molecular weight is 182 g/mol. The summed E-state index contributed by atoms with van der Waals surface area (Å²) in [5.74, 6) is -0.278. The van der Waals surface area contributed by atoms with Crippen LogP contribution >= 0.6 is 0 Å². The highest BCUT2D eigenvalue weighted by Crippen LogP contribution is 2.12. The first kappa shape index (κ1) is 8.11. The summed E-state index contributed by atoms with van der Waals surface area (Å²) in [6.45, 7) is 0.623. The fourth-order valence-electron chi connectivity index (χ4n) is 1.15. The number of hydrogen-bond acceptors (Lipinski definition) is 6. The van der Waals surface area contributed by atoms with Gasteiger partial charge in [0.05, 0.1) is 6.10 Å². The summed E-state index contributed by atoms with van der Waals surface area (Å²) in [7, 11) is 0. The van der Waals surface area contributed by atoms with Crippen LogP contribution < -0.4 is 5.11 Å². The van der Waals surface area contributed by atoms with Crippen LogP contribution in [0.5, 0.6) is 0 Å². The SMILES string of the molecule is [O-]C(=Nc1nn[nH]n1)[C@H]1CCCO1. The van der Waals surface area contributed by atoms with Gasteiger partial charge in [-0.3, -0.25) is 0 Å². The quantitative estimate of drug-likeness (QED) is 0.456. The van der Waals surface area contributed by atoms with Crippen molar-refractivity contribution in [2.24, 2.45) is 4.99 Å². The first-order chi connectivity index (χ1) is 6.36. The van der Waals surface area contributed by atoms with Gasteiger partial charge in [0.2, 0.25) is 0 Å². The van der Waals surface area contributed by atoms with Crippen LogP contribution in [0.3, 0.4) is 0 Å². The number of aliphatic imine (C=N–C) groups is 1. The van der Waals surface area contributed by atoms with Gasteiger partial charge in [-0.15, -0.1) is 5.10 Å². The lowest BCUT2D eigenvalue weighted by molar-refractivity contribution is -0.228. The Hall–Kier alpha value is -1.50. The van der Waals surface area contributed by atoms with Gasteiger partial charge in [0.25, 0.3) is 5.95 Å². The lowest BCUT2D eigenvalue weighted by atomic mass is 10.2. The fourth-order valence-corrected chi connectivity index (χ4v) is 1.15. The largest absolute Gasteiger partial charge is 0.860 e. The molecule has 1 aromatic heterocycles. The summed E-state index contributed by atoms with van der Waals surface area (Å²) < 4.78 is 5.13. The second-order valence-corrected chi connectivity index (χ2v) is 2.66. The van der Waals surface area contributed by atoms with E-state index >= 15 is 0 Å². The number of ether oxygens (including phenoxy) is 1. The van der Waals surface area contributed by atoms with E-state index in [2.05, 4.69) is 25.6 Å². The van der Waals surface area contributed by atoms with Gasteiger partial charge in [0.1, 0.15) is 0 Å². The molecule has 0 aromatic carbocycles. The Bertz CT molecular complexity index is 290. The smallest absolute Gasteiger partial charge is 0.288 e. The Labute approximate surface area is 73.8 Å². The fraction of sp³-hybridized carbons (Fsp3) is 0.667. The molecule has 70 valence electrons. The second-order valence-electron chi connectivity index (χ2n) is 2.66. The molecule has 1 saturated heterocycles. The van der Waals surface area contributed by atoms with Gasteiger partial charge in [0.15, 0.2) is 0 Å². The molecule has 2 heterocycles. The van der Waals surface area contributed by atoms with Crippen LogP contribution in [0.1, 0.15) is 12.8 Å². The molecule has 0 radical (unpaired) electrons. The third-order valence-corrected chi connectivity index (χ3v) is 1.75. The van der Waals surface area contributed by atoms with Crippen LogP contribution in [0.2, 0.25) is 0 Å². The third kappa shape index (κ3) is 1.81. The van der Waals surface area contributed by atoms with Crippen molar-refractivity contribution in [2.45, 2.75) is 18.9 Å². The maximum Gasteiger partial charge on any atom is 0.288 e. The van der Waals surface area contributed by atoms with Crippen LogP contribution in [0.4, 0.5) is 5.95 Å². The Morgan fingerprint density at radius 1 is 1.69 bits per heavy atom. The maximum atomic E-state index is 11.3. The van der Waals surface area contributed by atoms with Gasteiger partial charge in [-0.05, 0) is 24.0 Å². The molecule has 1 aliphatic heterocycles. The molecular weight excluding hydrogens is 174 g/mol. The van der Waals surface area contributed by atoms with E-state index in [1.807, 2.05) is 0 Å². The van der Waals surface area contributed by atoms with Crippen molar-refractivity contribution in [3.8, 4) is 0 Å². The van der Waals surface area contributed by atoms with Crippen molar-refractivity contribution in [1.82, 2.24) is 20.6 Å². The average Bonchev–Trinajstić information content (AvgIpc) is 2.74. The highest BCUT2D eigenvalue weighted by atomic mass is 16.5. The van der Waals surface area contributed by atoms with Gasteiger partial charge in [-0.25, -0.2) is 4.99 Å². The van der Waals surface area contributed by atoms with Crippen LogP contribution in [0.15, 0.2) is 4.99 Å². The zero-order chi connectivity index (χ0) is 9.10. The van der Waals surface area contributed by atoms with Crippen LogP contribution in [-0.2, 0) is 4.74 Å². The molecule has 1 aromatic rings. The molecule has 1 N–H and O–H groups in total. The molecule has 13 heavy (non-hydrogen) atoms. The van der Waals surface area contributed by atoms with Crippen LogP contribution in [0, 0.1) is 0 Å². The topological polar surface area (TPSA) is 99.1 Å². The van der Waals surface area contributed by atoms with Crippen molar-refractivity contribution in [2.75, 3.05) is 6.61 Å². The Morgan fingerprint density at radius 2 is 2.62 bits per heavy atom. The molecule has 0 saturated carbocycles. The monoisotopic (exact) mass is 182 g/mol. The van der Waals surface area contributed by atoms with E-state index in [0.717, 1.165) is 12.8 Å². The molecule has 1 aliphatic rings. The van der Waals surface area contributed by atoms with E-state index in [0.29, 0.717) is 6.61 Å². The van der Waals surface area contributed by atoms with E-state index in [9.17, 15) is 5.11 Å². The molecule has 7 nitrogen and oxygen atoms in total. The highest BCUT2D eigenvalue weighted by Gasteiger charge is 2.15. The number of aromatic amines is 1. The maximum absolute atomic E-state index is 11.3. The standard InChI is InChI=1S/C6H9N5O2/c12-5(4-2-1-3-13-4)7-6-8-10-11-9-6/h4H,1-3H2,(H2,7,8,9,10,11,12)/p-1/t4-/m1/s1. The number of hydrogen-bond donors (Lipinski definition) is 1. The van der Waals surface area contributed by atoms with Gasteiger partial charge in [0, 0.05) is 6.61 Å². The Balaban J connectivity index is 2.07. The molecule has 0 bridgehead atoms. The third-order valence-electron chi connectivity index (χ3n) is 1.75. The predicted molar refractivity (Wildman–Crippen MR) is 40.2 cm³/mol. The minimum absolute atomic E-state index is 0.0560. The number of H-pyrrole nitrogens is 1. The lowest BCUT2D eigenvalue weighted by Gasteiger charge is -2.15. The van der Waals surface area contributed by atoms with Crippen molar-refractivity contribution >= 4 is 11.8 Å². The minimum atomic E-state index is -0.418. The zero-order valence-electron chi connectivity index (χ0n) is 6.80. The summed E-state index contributed by atoms with van der Waals surface area (Å²) >= 11 is 0. The summed E-state index contributed by atoms with van der Waals surface area (Å²) in [4.78, 5) is 3.62. The van der Waals surface area contributed by atoms with Crippen molar-refractivity contribution in [3.05, 3.63) is 0 Å². The summed E-state index contributed by atoms with van der Waals surface area (Å²) in [5.41, 5.74) is 0. The molecule has 0 unspecified atom stereocenters. The Kier molecular flexibility index (Phi) is 2.17. The molecule has 0 spiro atoms. The second kappa shape index (κ2) is 3.48. The molecular formula is C6H8N5O2-. The number of nitrogens with zero attached hydrogens (tertiary/aromatic N) is 4. The summed E-state index contributed by atoms with van der Waals surface area (Å²) in [5, 5.41) is 23.9. The van der Waals surface area contributed by atoms with Crippen molar-refractivity contribution < 1.29 is 9.84 Å². The predicted octanol–water partition coefficient (Wildman–Crippen LogP) is -1.23. The van der Waals surface area contributed by atoms with E-state index in [4.69, 9.17) is 4.74 Å². The zero-order valence-corrected chi connectivity index (χ0v) is 6.80. The number of tetrazole rings is 1. The van der Waals surface area contributed by atoms with Crippen molar-refractivity contribution in [3.63, 3.8) is 0 Å². The number of nitrogens with one attached hydrogen (secondary N) is 1. The van der Waals surface area contributed by atoms with Gasteiger partial charge >= 0.3 is 0 Å². The minimum Gasteiger partial charge on any atom is -0.860 e. The normalized spacial score (nSPS) is 23.7. The van der Waals surface area contributed by atoms with Gasteiger partial charge in [-0.1, -0.05) is 5.10 Å². The highest BCUT2D eigenvalue weighted by molar-refractivity contribution is 5.78. The molecule has 7 heteroatoms.